The highest BCUT2D eigenvalue weighted by Crippen LogP contribution is 2.28. The number of nitrogens with zero attached hydrogens (tertiary/aromatic N) is 1. The van der Waals surface area contributed by atoms with Crippen LogP contribution in [0.5, 0.6) is 0 Å². The fraction of sp³-hybridized carbons (Fsp3) is 0.188. The summed E-state index contributed by atoms with van der Waals surface area (Å²) in [5, 5.41) is 10.3. The predicted molar refractivity (Wildman–Crippen MR) is 81.6 cm³/mol. The molecule has 1 aromatic carbocycles. The van der Waals surface area contributed by atoms with E-state index in [0.717, 1.165) is 12.2 Å². The summed E-state index contributed by atoms with van der Waals surface area (Å²) in [5.74, 6) is 0. The quantitative estimate of drug-likeness (QED) is 0.773. The molecule has 0 saturated carbocycles. The van der Waals surface area contributed by atoms with Crippen LogP contribution in [0.4, 0.5) is 0 Å². The van der Waals surface area contributed by atoms with Gasteiger partial charge in [0.15, 0.2) is 0 Å². The minimum Gasteiger partial charge on any atom is -0.305 e. The van der Waals surface area contributed by atoms with E-state index in [2.05, 4.69) is 64.4 Å². The van der Waals surface area contributed by atoms with Gasteiger partial charge in [0.05, 0.1) is 11.7 Å². The Labute approximate surface area is 117 Å². The number of thiophene rings is 1. The Morgan fingerprint density at radius 1 is 1.21 bits per heavy atom. The summed E-state index contributed by atoms with van der Waals surface area (Å²) in [6.45, 7) is 3.05. The van der Waals surface area contributed by atoms with Crippen molar-refractivity contribution in [3.05, 3.63) is 64.6 Å². The average molecular weight is 268 g/mol. The molecule has 1 N–H and O–H groups in total. The third kappa shape index (κ3) is 2.39. The van der Waals surface area contributed by atoms with Crippen LogP contribution in [-0.4, -0.2) is 11.5 Å². The lowest BCUT2D eigenvalue weighted by Gasteiger charge is -2.18. The monoisotopic (exact) mass is 268 g/mol. The maximum atomic E-state index is 4.62. The van der Waals surface area contributed by atoms with Crippen molar-refractivity contribution in [2.24, 2.45) is 0 Å². The number of rotatable bonds is 4. The Morgan fingerprint density at radius 3 is 2.89 bits per heavy atom. The lowest BCUT2D eigenvalue weighted by molar-refractivity contribution is 0.622. The molecule has 2 heterocycles. The van der Waals surface area contributed by atoms with Gasteiger partial charge in [-0.15, -0.1) is 0 Å². The van der Waals surface area contributed by atoms with Gasteiger partial charge in [-0.3, -0.25) is 4.98 Å². The Hall–Kier alpha value is -1.71. The normalized spacial score (nSPS) is 12.7. The highest BCUT2D eigenvalue weighted by Gasteiger charge is 2.17. The fourth-order valence-electron chi connectivity index (χ4n) is 2.39. The SMILES string of the molecule is CCNC(c1ccsc1)c1nccc2ccccc12. The molecule has 2 aromatic heterocycles. The maximum absolute atomic E-state index is 4.62. The van der Waals surface area contributed by atoms with Gasteiger partial charge in [0.2, 0.25) is 0 Å². The van der Waals surface area contributed by atoms with Gasteiger partial charge in [0.1, 0.15) is 0 Å². The van der Waals surface area contributed by atoms with Gasteiger partial charge in [-0.1, -0.05) is 31.2 Å². The van der Waals surface area contributed by atoms with Gasteiger partial charge >= 0.3 is 0 Å². The minimum atomic E-state index is 0.169. The Kier molecular flexibility index (Phi) is 3.58. The topological polar surface area (TPSA) is 24.9 Å². The summed E-state index contributed by atoms with van der Waals surface area (Å²) < 4.78 is 0. The van der Waals surface area contributed by atoms with Crippen molar-refractivity contribution in [1.29, 1.82) is 0 Å². The van der Waals surface area contributed by atoms with Crippen LogP contribution in [0.3, 0.4) is 0 Å². The molecule has 0 fully saturated rings. The van der Waals surface area contributed by atoms with Crippen molar-refractivity contribution in [3.63, 3.8) is 0 Å². The number of aromatic nitrogens is 1. The largest absolute Gasteiger partial charge is 0.305 e. The van der Waals surface area contributed by atoms with E-state index < -0.39 is 0 Å². The summed E-state index contributed by atoms with van der Waals surface area (Å²) in [6.07, 6.45) is 1.90. The zero-order valence-corrected chi connectivity index (χ0v) is 11.7. The number of fused-ring (bicyclic) bond motifs is 1. The zero-order chi connectivity index (χ0) is 13.1. The minimum absolute atomic E-state index is 0.169. The summed E-state index contributed by atoms with van der Waals surface area (Å²) in [4.78, 5) is 4.62. The third-order valence-corrected chi connectivity index (χ3v) is 3.96. The first kappa shape index (κ1) is 12.3. The van der Waals surface area contributed by atoms with Crippen LogP contribution in [0, 0.1) is 0 Å². The molecule has 0 radical (unpaired) electrons. The summed E-state index contributed by atoms with van der Waals surface area (Å²) >= 11 is 1.73. The van der Waals surface area contributed by atoms with Gasteiger partial charge in [-0.2, -0.15) is 11.3 Å². The number of nitrogens with one attached hydrogen (secondary N) is 1. The van der Waals surface area contributed by atoms with Crippen LogP contribution in [0.25, 0.3) is 10.8 Å². The molecular weight excluding hydrogens is 252 g/mol. The van der Waals surface area contributed by atoms with Crippen molar-refractivity contribution in [1.82, 2.24) is 10.3 Å². The standard InChI is InChI=1S/C16H16N2S/c1-2-17-15(13-8-10-19-11-13)16-14-6-4-3-5-12(14)7-9-18-16/h3-11,15,17H,2H2,1H3. The van der Waals surface area contributed by atoms with E-state index in [4.69, 9.17) is 0 Å². The van der Waals surface area contributed by atoms with Crippen molar-refractivity contribution in [3.8, 4) is 0 Å². The molecule has 0 amide bonds. The molecule has 2 nitrogen and oxygen atoms in total. The molecule has 0 aliphatic carbocycles. The Bertz CT molecular complexity index is 656. The molecule has 1 atom stereocenters. The Morgan fingerprint density at radius 2 is 2.11 bits per heavy atom. The molecule has 19 heavy (non-hydrogen) atoms. The van der Waals surface area contributed by atoms with Gasteiger partial charge in [-0.05, 0) is 40.4 Å². The average Bonchev–Trinajstić information content (AvgIpc) is 2.98. The molecule has 1 unspecified atom stereocenters. The molecule has 0 spiro atoms. The van der Waals surface area contributed by atoms with Gasteiger partial charge in [0, 0.05) is 11.6 Å². The number of pyridine rings is 1. The fourth-order valence-corrected chi connectivity index (χ4v) is 3.07. The molecule has 0 aliphatic heterocycles. The second-order valence-electron chi connectivity index (χ2n) is 4.46. The molecule has 0 aliphatic rings. The molecular formula is C16H16N2S. The smallest absolute Gasteiger partial charge is 0.0765 e. The molecule has 96 valence electrons. The summed E-state index contributed by atoms with van der Waals surface area (Å²) in [6, 6.07) is 12.8. The van der Waals surface area contributed by atoms with Gasteiger partial charge < -0.3 is 5.32 Å². The number of hydrogen-bond acceptors (Lipinski definition) is 3. The predicted octanol–water partition coefficient (Wildman–Crippen LogP) is 4.00. The van der Waals surface area contributed by atoms with Crippen LogP contribution in [0.2, 0.25) is 0 Å². The second kappa shape index (κ2) is 5.51. The summed E-state index contributed by atoms with van der Waals surface area (Å²) in [7, 11) is 0. The van der Waals surface area contributed by atoms with Gasteiger partial charge in [0.25, 0.3) is 0 Å². The van der Waals surface area contributed by atoms with Crippen LogP contribution in [-0.2, 0) is 0 Å². The van der Waals surface area contributed by atoms with Crippen LogP contribution in [0.1, 0.15) is 24.2 Å². The maximum Gasteiger partial charge on any atom is 0.0765 e. The summed E-state index contributed by atoms with van der Waals surface area (Å²) in [5.41, 5.74) is 2.40. The van der Waals surface area contributed by atoms with Crippen LogP contribution in [0.15, 0.2) is 53.4 Å². The Balaban J connectivity index is 2.15. The van der Waals surface area contributed by atoms with E-state index in [1.54, 1.807) is 11.3 Å². The number of benzene rings is 1. The zero-order valence-electron chi connectivity index (χ0n) is 10.8. The van der Waals surface area contributed by atoms with Crippen LogP contribution >= 0.6 is 11.3 Å². The first-order chi connectivity index (χ1) is 9.40. The van der Waals surface area contributed by atoms with E-state index in [0.29, 0.717) is 0 Å². The molecule has 3 aromatic rings. The molecule has 0 bridgehead atoms. The van der Waals surface area contributed by atoms with Crippen molar-refractivity contribution < 1.29 is 0 Å². The lowest BCUT2D eigenvalue weighted by atomic mass is 10.0. The highest BCUT2D eigenvalue weighted by molar-refractivity contribution is 7.08. The van der Waals surface area contributed by atoms with Crippen molar-refractivity contribution in [2.75, 3.05) is 6.54 Å². The van der Waals surface area contributed by atoms with Crippen molar-refractivity contribution in [2.45, 2.75) is 13.0 Å². The second-order valence-corrected chi connectivity index (χ2v) is 5.24. The van der Waals surface area contributed by atoms with Crippen LogP contribution < -0.4 is 5.32 Å². The van der Waals surface area contributed by atoms with E-state index >= 15 is 0 Å². The first-order valence-corrected chi connectivity index (χ1v) is 7.43. The lowest BCUT2D eigenvalue weighted by Crippen LogP contribution is -2.22. The molecule has 0 saturated heterocycles. The molecule has 3 heteroatoms. The van der Waals surface area contributed by atoms with E-state index in [9.17, 15) is 0 Å². The van der Waals surface area contributed by atoms with Crippen molar-refractivity contribution >= 4 is 22.1 Å². The molecule has 3 rings (SSSR count). The van der Waals surface area contributed by atoms with Gasteiger partial charge in [-0.25, -0.2) is 0 Å². The van der Waals surface area contributed by atoms with E-state index in [1.807, 2.05) is 6.20 Å². The van der Waals surface area contributed by atoms with E-state index in [-0.39, 0.29) is 6.04 Å². The first-order valence-electron chi connectivity index (χ1n) is 6.49. The van der Waals surface area contributed by atoms with E-state index in [1.165, 1.54) is 16.3 Å². The highest BCUT2D eigenvalue weighted by atomic mass is 32.1. The third-order valence-electron chi connectivity index (χ3n) is 3.26. The number of hydrogen-bond donors (Lipinski definition) is 1.